The van der Waals surface area contributed by atoms with E-state index in [0.717, 1.165) is 19.3 Å². The Morgan fingerprint density at radius 3 is 2.75 bits per heavy atom. The molecule has 0 radical (unpaired) electrons. The van der Waals surface area contributed by atoms with Crippen molar-refractivity contribution in [3.8, 4) is 5.75 Å². The number of ether oxygens (including phenoxy) is 1. The highest BCUT2D eigenvalue weighted by atomic mass is 35.5. The van der Waals surface area contributed by atoms with Gasteiger partial charge < -0.3 is 15.8 Å². The molecular formula is C16H22ClF3N2O2. The standard InChI is InChI=1S/C16H21F3N2O2.ClH/c1-15(20)8-3-2-7-13(15)14(22)21-11-5-4-6-12(9-11)23-10-16(17,18)19;/h4-6,9,13H,2-3,7-8,10,20H2,1H3,(H,21,22);1H. The first-order valence-electron chi connectivity index (χ1n) is 7.57. The van der Waals surface area contributed by atoms with Gasteiger partial charge in [0.15, 0.2) is 6.61 Å². The van der Waals surface area contributed by atoms with Crippen molar-refractivity contribution in [1.82, 2.24) is 0 Å². The van der Waals surface area contributed by atoms with Crippen molar-refractivity contribution in [2.75, 3.05) is 11.9 Å². The van der Waals surface area contributed by atoms with Gasteiger partial charge in [-0.05, 0) is 31.9 Å². The number of alkyl halides is 3. The van der Waals surface area contributed by atoms with Gasteiger partial charge in [-0.3, -0.25) is 4.79 Å². The van der Waals surface area contributed by atoms with Crippen molar-refractivity contribution in [1.29, 1.82) is 0 Å². The number of carbonyl (C=O) groups excluding carboxylic acids is 1. The molecular weight excluding hydrogens is 345 g/mol. The molecule has 2 atom stereocenters. The zero-order chi connectivity index (χ0) is 17.1. The molecule has 1 amide bonds. The number of halogens is 4. The minimum atomic E-state index is -4.40. The molecule has 2 unspecified atom stereocenters. The van der Waals surface area contributed by atoms with E-state index in [4.69, 9.17) is 5.73 Å². The number of carbonyl (C=O) groups is 1. The SMILES string of the molecule is CC1(N)CCCCC1C(=O)Nc1cccc(OCC(F)(F)F)c1.Cl. The summed E-state index contributed by atoms with van der Waals surface area (Å²) in [4.78, 5) is 12.4. The number of hydrogen-bond acceptors (Lipinski definition) is 3. The Morgan fingerprint density at radius 1 is 1.42 bits per heavy atom. The van der Waals surface area contributed by atoms with Crippen LogP contribution in [-0.2, 0) is 4.79 Å². The Morgan fingerprint density at radius 2 is 2.12 bits per heavy atom. The monoisotopic (exact) mass is 366 g/mol. The Bertz CT molecular complexity index is 564. The molecule has 1 aromatic rings. The Kier molecular flexibility index (Phi) is 6.92. The van der Waals surface area contributed by atoms with Crippen molar-refractivity contribution < 1.29 is 22.7 Å². The van der Waals surface area contributed by atoms with Gasteiger partial charge in [-0.2, -0.15) is 13.2 Å². The Balaban J connectivity index is 0.00000288. The number of nitrogens with two attached hydrogens (primary N) is 1. The highest BCUT2D eigenvalue weighted by molar-refractivity contribution is 5.93. The highest BCUT2D eigenvalue weighted by Gasteiger charge is 2.37. The lowest BCUT2D eigenvalue weighted by atomic mass is 9.74. The minimum absolute atomic E-state index is 0. The number of rotatable bonds is 4. The molecule has 0 spiro atoms. The Hall–Kier alpha value is -1.47. The average molecular weight is 367 g/mol. The number of benzene rings is 1. The van der Waals surface area contributed by atoms with Crippen LogP contribution >= 0.6 is 12.4 Å². The van der Waals surface area contributed by atoms with Gasteiger partial charge in [0, 0.05) is 17.3 Å². The second kappa shape index (κ2) is 8.07. The number of amides is 1. The Labute approximate surface area is 145 Å². The molecule has 0 bridgehead atoms. The predicted molar refractivity (Wildman–Crippen MR) is 88.4 cm³/mol. The van der Waals surface area contributed by atoms with E-state index in [9.17, 15) is 18.0 Å². The van der Waals surface area contributed by atoms with Crippen LogP contribution in [-0.4, -0.2) is 24.2 Å². The largest absolute Gasteiger partial charge is 0.484 e. The third-order valence-corrected chi connectivity index (χ3v) is 4.07. The average Bonchev–Trinajstić information content (AvgIpc) is 2.44. The maximum Gasteiger partial charge on any atom is 0.422 e. The highest BCUT2D eigenvalue weighted by Crippen LogP contribution is 2.32. The smallest absolute Gasteiger partial charge is 0.422 e. The van der Waals surface area contributed by atoms with Crippen molar-refractivity contribution >= 4 is 24.0 Å². The van der Waals surface area contributed by atoms with E-state index < -0.39 is 18.3 Å². The predicted octanol–water partition coefficient (Wildman–Crippen LogP) is 3.90. The number of anilines is 1. The molecule has 0 saturated heterocycles. The summed E-state index contributed by atoms with van der Waals surface area (Å²) >= 11 is 0. The van der Waals surface area contributed by atoms with Crippen LogP contribution in [0.15, 0.2) is 24.3 Å². The van der Waals surface area contributed by atoms with Gasteiger partial charge in [-0.15, -0.1) is 12.4 Å². The van der Waals surface area contributed by atoms with Gasteiger partial charge in [-0.1, -0.05) is 18.9 Å². The summed E-state index contributed by atoms with van der Waals surface area (Å²) < 4.78 is 41.2. The third-order valence-electron chi connectivity index (χ3n) is 4.07. The van der Waals surface area contributed by atoms with E-state index >= 15 is 0 Å². The van der Waals surface area contributed by atoms with E-state index in [1.54, 1.807) is 6.07 Å². The molecule has 1 aliphatic rings. The molecule has 0 aromatic heterocycles. The van der Waals surface area contributed by atoms with Crippen LogP contribution in [0, 0.1) is 5.92 Å². The zero-order valence-electron chi connectivity index (χ0n) is 13.4. The fraction of sp³-hybridized carbons (Fsp3) is 0.562. The molecule has 1 saturated carbocycles. The van der Waals surface area contributed by atoms with Crippen LogP contribution < -0.4 is 15.8 Å². The molecule has 0 heterocycles. The van der Waals surface area contributed by atoms with Gasteiger partial charge in [-0.25, -0.2) is 0 Å². The van der Waals surface area contributed by atoms with Gasteiger partial charge in [0.1, 0.15) is 5.75 Å². The molecule has 4 nitrogen and oxygen atoms in total. The molecule has 24 heavy (non-hydrogen) atoms. The number of hydrogen-bond donors (Lipinski definition) is 2. The maximum absolute atomic E-state index is 12.4. The molecule has 0 aliphatic heterocycles. The van der Waals surface area contributed by atoms with Crippen LogP contribution in [0.4, 0.5) is 18.9 Å². The van der Waals surface area contributed by atoms with Gasteiger partial charge >= 0.3 is 6.18 Å². The molecule has 3 N–H and O–H groups in total. The van der Waals surface area contributed by atoms with Crippen LogP contribution in [0.1, 0.15) is 32.6 Å². The minimum Gasteiger partial charge on any atom is -0.484 e. The van der Waals surface area contributed by atoms with E-state index in [0.29, 0.717) is 12.1 Å². The zero-order valence-corrected chi connectivity index (χ0v) is 14.2. The lowest BCUT2D eigenvalue weighted by Crippen LogP contribution is -2.51. The summed E-state index contributed by atoms with van der Waals surface area (Å²) in [5.74, 6) is -0.460. The van der Waals surface area contributed by atoms with Crippen LogP contribution in [0.3, 0.4) is 0 Å². The van der Waals surface area contributed by atoms with Crippen LogP contribution in [0.5, 0.6) is 5.75 Å². The van der Waals surface area contributed by atoms with E-state index in [2.05, 4.69) is 10.1 Å². The second-order valence-electron chi connectivity index (χ2n) is 6.23. The van der Waals surface area contributed by atoms with Gasteiger partial charge in [0.25, 0.3) is 0 Å². The first-order valence-corrected chi connectivity index (χ1v) is 7.57. The molecule has 1 aliphatic carbocycles. The molecule has 1 fully saturated rings. The fourth-order valence-electron chi connectivity index (χ4n) is 2.85. The summed E-state index contributed by atoms with van der Waals surface area (Å²) in [6, 6.07) is 5.92. The summed E-state index contributed by atoms with van der Waals surface area (Å²) in [5.41, 5.74) is 6.03. The van der Waals surface area contributed by atoms with Crippen molar-refractivity contribution in [3.05, 3.63) is 24.3 Å². The van der Waals surface area contributed by atoms with Crippen LogP contribution in [0.2, 0.25) is 0 Å². The van der Waals surface area contributed by atoms with Gasteiger partial charge in [0.05, 0.1) is 5.92 Å². The summed E-state index contributed by atoms with van der Waals surface area (Å²) in [5, 5.41) is 2.72. The van der Waals surface area contributed by atoms with Crippen LogP contribution in [0.25, 0.3) is 0 Å². The number of nitrogens with one attached hydrogen (secondary N) is 1. The van der Waals surface area contributed by atoms with E-state index in [-0.39, 0.29) is 30.0 Å². The fourth-order valence-corrected chi connectivity index (χ4v) is 2.85. The second-order valence-corrected chi connectivity index (χ2v) is 6.23. The molecule has 136 valence electrons. The third kappa shape index (κ3) is 5.87. The quantitative estimate of drug-likeness (QED) is 0.849. The molecule has 1 aromatic carbocycles. The normalized spacial score (nSPS) is 24.0. The topological polar surface area (TPSA) is 64.4 Å². The van der Waals surface area contributed by atoms with Crippen molar-refractivity contribution in [2.24, 2.45) is 11.7 Å². The van der Waals surface area contributed by atoms with Crippen molar-refractivity contribution in [2.45, 2.75) is 44.3 Å². The lowest BCUT2D eigenvalue weighted by Gasteiger charge is -2.37. The maximum atomic E-state index is 12.4. The molecule has 2 rings (SSSR count). The lowest BCUT2D eigenvalue weighted by molar-refractivity contribution is -0.153. The first-order chi connectivity index (χ1) is 10.7. The molecule has 8 heteroatoms. The summed E-state index contributed by atoms with van der Waals surface area (Å²) in [6.45, 7) is 0.493. The van der Waals surface area contributed by atoms with Gasteiger partial charge in [0.2, 0.25) is 5.91 Å². The first kappa shape index (κ1) is 20.6. The van der Waals surface area contributed by atoms with E-state index in [1.807, 2.05) is 6.92 Å². The summed E-state index contributed by atoms with van der Waals surface area (Å²) in [7, 11) is 0. The van der Waals surface area contributed by atoms with Crippen molar-refractivity contribution in [3.63, 3.8) is 0 Å². The van der Waals surface area contributed by atoms with E-state index in [1.165, 1.54) is 18.2 Å². The summed E-state index contributed by atoms with van der Waals surface area (Å²) in [6.07, 6.45) is -0.969.